The fourth-order valence-electron chi connectivity index (χ4n) is 3.75. The molecule has 2 saturated heterocycles. The quantitative estimate of drug-likeness (QED) is 0.610. The van der Waals surface area contributed by atoms with Crippen LogP contribution in [0.3, 0.4) is 0 Å². The fourth-order valence-corrected chi connectivity index (χ4v) is 4.60. The third kappa shape index (κ3) is 4.99. The fraction of sp³-hybridized carbons (Fsp3) is 0.450. The van der Waals surface area contributed by atoms with E-state index in [1.165, 1.54) is 6.07 Å². The summed E-state index contributed by atoms with van der Waals surface area (Å²) < 4.78 is 30.5. The molecule has 3 heterocycles. The molecule has 2 fully saturated rings. The number of ether oxygens (including phenoxy) is 1. The van der Waals surface area contributed by atoms with Gasteiger partial charge in [0.1, 0.15) is 0 Å². The van der Waals surface area contributed by atoms with Crippen molar-refractivity contribution in [3.63, 3.8) is 0 Å². The second-order valence-electron chi connectivity index (χ2n) is 7.53. The maximum atomic E-state index is 13.4. The number of benzene rings is 1. The number of carbonyl (C=O) groups excluding carboxylic acids is 1. The van der Waals surface area contributed by atoms with Gasteiger partial charge in [-0.1, -0.05) is 0 Å². The number of anilines is 2. The van der Waals surface area contributed by atoms with Crippen LogP contribution in [-0.4, -0.2) is 87.9 Å². The first-order valence-electron chi connectivity index (χ1n) is 10.0. The van der Waals surface area contributed by atoms with Gasteiger partial charge >= 0.3 is 0 Å². The van der Waals surface area contributed by atoms with Crippen LogP contribution in [0.1, 0.15) is 10.4 Å². The highest BCUT2D eigenvalue weighted by Crippen LogP contribution is 2.27. The van der Waals surface area contributed by atoms with E-state index in [0.29, 0.717) is 64.0 Å². The van der Waals surface area contributed by atoms with Crippen molar-refractivity contribution in [2.24, 2.45) is 0 Å². The average Bonchev–Trinajstić information content (AvgIpc) is 2.79. The molecule has 2 aromatic rings. The Bertz CT molecular complexity index is 1050. The third-order valence-electron chi connectivity index (χ3n) is 5.43. The van der Waals surface area contributed by atoms with Crippen molar-refractivity contribution in [2.75, 3.05) is 68.5 Å². The Kier molecular flexibility index (Phi) is 6.44. The highest BCUT2D eigenvalue weighted by molar-refractivity contribution is 9.10. The highest BCUT2D eigenvalue weighted by atomic mass is 79.9. The number of nitrogens with zero attached hydrogens (tertiary/aromatic N) is 5. The smallest absolute Gasteiger partial charge is 0.256 e. The molecule has 0 bridgehead atoms. The minimum absolute atomic E-state index is 0.148. The molecule has 0 N–H and O–H groups in total. The largest absolute Gasteiger partial charge is 0.378 e. The molecule has 0 atom stereocenters. The van der Waals surface area contributed by atoms with Crippen LogP contribution in [0.2, 0.25) is 0 Å². The summed E-state index contributed by atoms with van der Waals surface area (Å²) in [4.78, 5) is 28.1. The van der Waals surface area contributed by atoms with Gasteiger partial charge in [-0.3, -0.25) is 4.79 Å². The lowest BCUT2D eigenvalue weighted by molar-refractivity contribution is 0.0745. The molecule has 0 aliphatic carbocycles. The van der Waals surface area contributed by atoms with Gasteiger partial charge in [0.2, 0.25) is 5.95 Å². The summed E-state index contributed by atoms with van der Waals surface area (Å²) in [5.41, 5.74) is 1.16. The van der Waals surface area contributed by atoms with Crippen molar-refractivity contribution in [3.05, 3.63) is 40.6 Å². The van der Waals surface area contributed by atoms with Crippen molar-refractivity contribution < 1.29 is 17.9 Å². The van der Waals surface area contributed by atoms with E-state index < -0.39 is 9.84 Å². The number of amides is 1. The van der Waals surface area contributed by atoms with Gasteiger partial charge < -0.3 is 19.4 Å². The summed E-state index contributed by atoms with van der Waals surface area (Å²) >= 11 is 3.33. The molecule has 0 unspecified atom stereocenters. The van der Waals surface area contributed by atoms with E-state index in [2.05, 4.69) is 30.8 Å². The Morgan fingerprint density at radius 3 is 2.26 bits per heavy atom. The molecular formula is C20H24BrN5O4S. The van der Waals surface area contributed by atoms with Crippen molar-refractivity contribution in [1.82, 2.24) is 14.9 Å². The maximum Gasteiger partial charge on any atom is 0.256 e. The summed E-state index contributed by atoms with van der Waals surface area (Å²) in [5, 5.41) is 0. The molecule has 1 aromatic carbocycles. The van der Waals surface area contributed by atoms with Crippen molar-refractivity contribution >= 4 is 43.3 Å². The number of rotatable bonds is 4. The van der Waals surface area contributed by atoms with Crippen LogP contribution in [0.15, 0.2) is 40.0 Å². The standard InChI is InChI=1S/C20H24BrN5O4S/c1-31(28,29)16-2-3-18(24-8-10-30-11-9-24)17(12-16)19(27)25-4-6-26(7-5-25)20-22-13-15(21)14-23-20/h2-3,12-14H,4-11H2,1H3. The Labute approximate surface area is 190 Å². The van der Waals surface area contributed by atoms with Gasteiger partial charge in [-0.25, -0.2) is 18.4 Å². The van der Waals surface area contributed by atoms with Gasteiger partial charge in [0, 0.05) is 63.6 Å². The van der Waals surface area contributed by atoms with E-state index in [1.807, 2.05) is 4.90 Å². The number of morpholine rings is 1. The van der Waals surface area contributed by atoms with Gasteiger partial charge in [0.15, 0.2) is 9.84 Å². The van der Waals surface area contributed by atoms with Crippen LogP contribution < -0.4 is 9.80 Å². The van der Waals surface area contributed by atoms with Crippen molar-refractivity contribution in [2.45, 2.75) is 4.90 Å². The number of hydrogen-bond donors (Lipinski definition) is 0. The first-order valence-corrected chi connectivity index (χ1v) is 12.7. The Hall–Kier alpha value is -2.24. The van der Waals surface area contributed by atoms with Crippen LogP contribution in [0.4, 0.5) is 11.6 Å². The van der Waals surface area contributed by atoms with Gasteiger partial charge in [-0.2, -0.15) is 0 Å². The number of piperazine rings is 1. The van der Waals surface area contributed by atoms with Crippen LogP contribution >= 0.6 is 15.9 Å². The van der Waals surface area contributed by atoms with Crippen molar-refractivity contribution in [1.29, 1.82) is 0 Å². The lowest BCUT2D eigenvalue weighted by Gasteiger charge is -2.36. The van der Waals surface area contributed by atoms with Gasteiger partial charge in [-0.15, -0.1) is 0 Å². The second-order valence-corrected chi connectivity index (χ2v) is 10.5. The zero-order valence-electron chi connectivity index (χ0n) is 17.2. The maximum absolute atomic E-state index is 13.4. The zero-order valence-corrected chi connectivity index (χ0v) is 19.6. The molecule has 166 valence electrons. The second kappa shape index (κ2) is 9.09. The van der Waals surface area contributed by atoms with Crippen molar-refractivity contribution in [3.8, 4) is 0 Å². The summed E-state index contributed by atoms with van der Waals surface area (Å²) in [6, 6.07) is 4.81. The zero-order chi connectivity index (χ0) is 22.0. The summed E-state index contributed by atoms with van der Waals surface area (Å²) in [7, 11) is -3.43. The summed E-state index contributed by atoms with van der Waals surface area (Å²) in [6.07, 6.45) is 4.55. The van der Waals surface area contributed by atoms with E-state index in [0.717, 1.165) is 16.4 Å². The SMILES string of the molecule is CS(=O)(=O)c1ccc(N2CCOCC2)c(C(=O)N2CCN(c3ncc(Br)cn3)CC2)c1. The van der Waals surface area contributed by atoms with Crippen LogP contribution in [0, 0.1) is 0 Å². The lowest BCUT2D eigenvalue weighted by atomic mass is 10.1. The van der Waals surface area contributed by atoms with E-state index in [9.17, 15) is 13.2 Å². The monoisotopic (exact) mass is 509 g/mol. The highest BCUT2D eigenvalue weighted by Gasteiger charge is 2.28. The molecule has 9 nitrogen and oxygen atoms in total. The first kappa shape index (κ1) is 22.0. The van der Waals surface area contributed by atoms with Gasteiger partial charge in [0.25, 0.3) is 5.91 Å². The molecule has 1 amide bonds. The first-order chi connectivity index (χ1) is 14.8. The van der Waals surface area contributed by atoms with E-state index in [4.69, 9.17) is 4.74 Å². The molecule has 1 aromatic heterocycles. The molecule has 2 aliphatic heterocycles. The molecule has 0 radical (unpaired) electrons. The molecule has 2 aliphatic rings. The van der Waals surface area contributed by atoms with Crippen LogP contribution in [0.5, 0.6) is 0 Å². The molecule has 0 saturated carbocycles. The number of aromatic nitrogens is 2. The van der Waals surface area contributed by atoms with Crippen LogP contribution in [0.25, 0.3) is 0 Å². The number of hydrogen-bond acceptors (Lipinski definition) is 8. The average molecular weight is 510 g/mol. The number of sulfone groups is 1. The Balaban J connectivity index is 1.56. The molecule has 31 heavy (non-hydrogen) atoms. The van der Waals surface area contributed by atoms with E-state index in [1.54, 1.807) is 29.4 Å². The van der Waals surface area contributed by atoms with E-state index in [-0.39, 0.29) is 10.8 Å². The molecular weight excluding hydrogens is 486 g/mol. The Morgan fingerprint density at radius 2 is 1.65 bits per heavy atom. The predicted molar refractivity (Wildman–Crippen MR) is 120 cm³/mol. The summed E-state index contributed by atoms with van der Waals surface area (Å²) in [5.74, 6) is 0.465. The van der Waals surface area contributed by atoms with E-state index >= 15 is 0 Å². The minimum Gasteiger partial charge on any atom is -0.378 e. The molecule has 11 heteroatoms. The topological polar surface area (TPSA) is 95.9 Å². The Morgan fingerprint density at radius 1 is 1.00 bits per heavy atom. The normalized spacial score (nSPS) is 17.7. The number of halogens is 1. The van der Waals surface area contributed by atoms with Gasteiger partial charge in [0.05, 0.1) is 28.1 Å². The van der Waals surface area contributed by atoms with Gasteiger partial charge in [-0.05, 0) is 34.1 Å². The molecule has 4 rings (SSSR count). The third-order valence-corrected chi connectivity index (χ3v) is 6.95. The van der Waals surface area contributed by atoms with Crippen LogP contribution in [-0.2, 0) is 14.6 Å². The summed E-state index contributed by atoms with van der Waals surface area (Å²) in [6.45, 7) is 4.69. The molecule has 0 spiro atoms. The minimum atomic E-state index is -3.43. The number of carbonyl (C=O) groups is 1. The predicted octanol–water partition coefficient (Wildman–Crippen LogP) is 1.44. The lowest BCUT2D eigenvalue weighted by Crippen LogP contribution is -2.49.